The van der Waals surface area contributed by atoms with Gasteiger partial charge in [0.15, 0.2) is 0 Å². The van der Waals surface area contributed by atoms with Crippen LogP contribution in [0.2, 0.25) is 0 Å². The number of nitrogens with two attached hydrogens (primary N) is 1. The molecule has 1 saturated heterocycles. The highest BCUT2D eigenvalue weighted by atomic mass is 16.2. The fourth-order valence-corrected chi connectivity index (χ4v) is 2.34. The van der Waals surface area contributed by atoms with Gasteiger partial charge in [-0.2, -0.15) is 0 Å². The van der Waals surface area contributed by atoms with E-state index in [4.69, 9.17) is 5.73 Å². The molecule has 1 aliphatic heterocycles. The first-order valence-electron chi connectivity index (χ1n) is 6.08. The van der Waals surface area contributed by atoms with Crippen LogP contribution in [-0.2, 0) is 4.79 Å². The van der Waals surface area contributed by atoms with E-state index >= 15 is 0 Å². The third-order valence-corrected chi connectivity index (χ3v) is 3.04. The van der Waals surface area contributed by atoms with Crippen LogP contribution < -0.4 is 5.73 Å². The first-order chi connectivity index (χ1) is 7.02. The Kier molecular flexibility index (Phi) is 4.58. The summed E-state index contributed by atoms with van der Waals surface area (Å²) in [5, 5.41) is 0. The summed E-state index contributed by atoms with van der Waals surface area (Å²) in [7, 11) is 0. The zero-order valence-corrected chi connectivity index (χ0v) is 10.2. The van der Waals surface area contributed by atoms with Crippen molar-refractivity contribution in [3.8, 4) is 0 Å². The molecule has 1 aliphatic rings. The summed E-state index contributed by atoms with van der Waals surface area (Å²) < 4.78 is 0. The lowest BCUT2D eigenvalue weighted by Gasteiger charge is -2.37. The van der Waals surface area contributed by atoms with E-state index in [1.54, 1.807) is 6.92 Å². The Morgan fingerprint density at radius 2 is 2.07 bits per heavy atom. The third kappa shape index (κ3) is 3.49. The minimum absolute atomic E-state index is 0.125. The summed E-state index contributed by atoms with van der Waals surface area (Å²) in [5.41, 5.74) is 5.67. The van der Waals surface area contributed by atoms with Crippen molar-refractivity contribution in [2.45, 2.75) is 58.5 Å². The van der Waals surface area contributed by atoms with E-state index in [-0.39, 0.29) is 11.9 Å². The first kappa shape index (κ1) is 12.5. The molecule has 0 aromatic rings. The van der Waals surface area contributed by atoms with Crippen LogP contribution in [0.25, 0.3) is 0 Å². The van der Waals surface area contributed by atoms with Crippen molar-refractivity contribution in [1.82, 2.24) is 4.90 Å². The lowest BCUT2D eigenvalue weighted by molar-refractivity contribution is -0.136. The molecule has 1 heterocycles. The highest BCUT2D eigenvalue weighted by Gasteiger charge is 2.28. The van der Waals surface area contributed by atoms with Crippen LogP contribution in [0.4, 0.5) is 0 Å². The Morgan fingerprint density at radius 3 is 2.60 bits per heavy atom. The van der Waals surface area contributed by atoms with E-state index in [0.717, 1.165) is 25.8 Å². The van der Waals surface area contributed by atoms with Gasteiger partial charge in [-0.1, -0.05) is 13.8 Å². The average molecular weight is 212 g/mol. The van der Waals surface area contributed by atoms with Crippen LogP contribution in [0.1, 0.15) is 46.5 Å². The molecule has 2 atom stereocenters. The molecule has 0 aromatic heterocycles. The quantitative estimate of drug-likeness (QED) is 0.775. The Bertz CT molecular complexity index is 214. The van der Waals surface area contributed by atoms with Crippen LogP contribution >= 0.6 is 0 Å². The van der Waals surface area contributed by atoms with Gasteiger partial charge < -0.3 is 10.6 Å². The Morgan fingerprint density at radius 1 is 1.40 bits per heavy atom. The maximum Gasteiger partial charge on any atom is 0.239 e. The van der Waals surface area contributed by atoms with Gasteiger partial charge in [0.05, 0.1) is 6.04 Å². The van der Waals surface area contributed by atoms with Crippen LogP contribution in [0.15, 0.2) is 0 Å². The van der Waals surface area contributed by atoms with Crippen LogP contribution in [0.5, 0.6) is 0 Å². The number of rotatable bonds is 3. The summed E-state index contributed by atoms with van der Waals surface area (Å²) in [6.07, 6.45) is 4.64. The fraction of sp³-hybridized carbons (Fsp3) is 0.917. The van der Waals surface area contributed by atoms with Crippen molar-refractivity contribution in [2.24, 2.45) is 11.7 Å². The molecule has 0 radical (unpaired) electrons. The van der Waals surface area contributed by atoms with Gasteiger partial charge in [0.2, 0.25) is 5.91 Å². The molecule has 0 aliphatic carbocycles. The molecule has 3 nitrogen and oxygen atoms in total. The number of amides is 1. The van der Waals surface area contributed by atoms with Gasteiger partial charge >= 0.3 is 0 Å². The molecule has 0 bridgehead atoms. The van der Waals surface area contributed by atoms with E-state index in [2.05, 4.69) is 13.8 Å². The molecule has 1 unspecified atom stereocenters. The van der Waals surface area contributed by atoms with Gasteiger partial charge in [-0.05, 0) is 38.5 Å². The molecular weight excluding hydrogens is 188 g/mol. The second-order valence-corrected chi connectivity index (χ2v) is 5.10. The third-order valence-electron chi connectivity index (χ3n) is 3.04. The Hall–Kier alpha value is -0.570. The monoisotopic (exact) mass is 212 g/mol. The lowest BCUT2D eigenvalue weighted by Crippen LogP contribution is -2.50. The summed E-state index contributed by atoms with van der Waals surface area (Å²) >= 11 is 0. The van der Waals surface area contributed by atoms with E-state index in [1.807, 2.05) is 4.90 Å². The van der Waals surface area contributed by atoms with Gasteiger partial charge in [0.25, 0.3) is 0 Å². The number of likely N-dealkylation sites (tertiary alicyclic amines) is 1. The van der Waals surface area contributed by atoms with E-state index in [0.29, 0.717) is 12.0 Å². The van der Waals surface area contributed by atoms with Gasteiger partial charge in [0, 0.05) is 12.6 Å². The summed E-state index contributed by atoms with van der Waals surface area (Å²) in [6.45, 7) is 7.10. The van der Waals surface area contributed by atoms with Gasteiger partial charge in [-0.25, -0.2) is 0 Å². The second-order valence-electron chi connectivity index (χ2n) is 5.10. The topological polar surface area (TPSA) is 46.3 Å². The minimum Gasteiger partial charge on any atom is -0.338 e. The van der Waals surface area contributed by atoms with Gasteiger partial charge in [-0.15, -0.1) is 0 Å². The normalized spacial score (nSPS) is 24.3. The molecule has 3 heteroatoms. The van der Waals surface area contributed by atoms with Crippen molar-refractivity contribution >= 4 is 5.91 Å². The zero-order valence-electron chi connectivity index (χ0n) is 10.2. The predicted molar refractivity (Wildman–Crippen MR) is 62.5 cm³/mol. The lowest BCUT2D eigenvalue weighted by atomic mass is 9.93. The van der Waals surface area contributed by atoms with Crippen LogP contribution in [0.3, 0.4) is 0 Å². The Balaban J connectivity index is 2.61. The summed E-state index contributed by atoms with van der Waals surface area (Å²) in [5.74, 6) is 0.775. The SMILES string of the molecule is CC(C)CC1CCCCN1C(=O)[C@@H](C)N. The largest absolute Gasteiger partial charge is 0.338 e. The highest BCUT2D eigenvalue weighted by molar-refractivity contribution is 5.81. The first-order valence-corrected chi connectivity index (χ1v) is 6.08. The number of nitrogens with zero attached hydrogens (tertiary/aromatic N) is 1. The average Bonchev–Trinajstić information content (AvgIpc) is 2.16. The molecule has 0 spiro atoms. The summed E-state index contributed by atoms with van der Waals surface area (Å²) in [6, 6.07) is 0.0787. The molecule has 1 fully saturated rings. The number of piperidine rings is 1. The van der Waals surface area contributed by atoms with Crippen molar-refractivity contribution in [2.75, 3.05) is 6.54 Å². The van der Waals surface area contributed by atoms with Gasteiger partial charge in [0.1, 0.15) is 0 Å². The highest BCUT2D eigenvalue weighted by Crippen LogP contribution is 2.23. The second kappa shape index (κ2) is 5.50. The number of carbonyl (C=O) groups is 1. The predicted octanol–water partition coefficient (Wildman–Crippen LogP) is 1.76. The fourth-order valence-electron chi connectivity index (χ4n) is 2.34. The standard InChI is InChI=1S/C12H24N2O/c1-9(2)8-11-6-4-5-7-14(11)12(15)10(3)13/h9-11H,4-8,13H2,1-3H3/t10-,11?/m1/s1. The molecule has 1 rings (SSSR count). The molecule has 1 amide bonds. The van der Waals surface area contributed by atoms with Crippen molar-refractivity contribution in [3.63, 3.8) is 0 Å². The van der Waals surface area contributed by atoms with Crippen molar-refractivity contribution < 1.29 is 4.79 Å². The van der Waals surface area contributed by atoms with E-state index in [9.17, 15) is 4.79 Å². The van der Waals surface area contributed by atoms with Crippen LogP contribution in [-0.4, -0.2) is 29.4 Å². The summed E-state index contributed by atoms with van der Waals surface area (Å²) in [4.78, 5) is 13.9. The van der Waals surface area contributed by atoms with Crippen molar-refractivity contribution in [1.29, 1.82) is 0 Å². The molecule has 15 heavy (non-hydrogen) atoms. The smallest absolute Gasteiger partial charge is 0.239 e. The number of carbonyl (C=O) groups excluding carboxylic acids is 1. The number of hydrogen-bond donors (Lipinski definition) is 1. The maximum atomic E-state index is 11.9. The molecule has 0 aromatic carbocycles. The van der Waals surface area contributed by atoms with E-state index in [1.165, 1.54) is 6.42 Å². The molecule has 2 N–H and O–H groups in total. The molecule has 0 saturated carbocycles. The Labute approximate surface area is 93.0 Å². The van der Waals surface area contributed by atoms with Crippen LogP contribution in [0, 0.1) is 5.92 Å². The maximum absolute atomic E-state index is 11.9. The molecular formula is C12H24N2O. The van der Waals surface area contributed by atoms with E-state index < -0.39 is 0 Å². The van der Waals surface area contributed by atoms with Gasteiger partial charge in [-0.3, -0.25) is 4.79 Å². The minimum atomic E-state index is -0.349. The molecule has 88 valence electrons. The number of hydrogen-bond acceptors (Lipinski definition) is 2. The van der Waals surface area contributed by atoms with Crippen molar-refractivity contribution in [3.05, 3.63) is 0 Å². The zero-order chi connectivity index (χ0) is 11.4.